The maximum atomic E-state index is 11.9. The predicted octanol–water partition coefficient (Wildman–Crippen LogP) is 3.62. The molecule has 0 unspecified atom stereocenters. The van der Waals surface area contributed by atoms with Crippen molar-refractivity contribution in [1.82, 2.24) is 0 Å². The molecule has 0 aromatic carbocycles. The zero-order valence-corrected chi connectivity index (χ0v) is 14.7. The first-order valence-electron chi connectivity index (χ1n) is 7.80. The summed E-state index contributed by atoms with van der Waals surface area (Å²) in [7, 11) is -0.169. The van der Waals surface area contributed by atoms with Gasteiger partial charge in [-0.1, -0.05) is 12.8 Å². The molecule has 5 heteroatoms. The van der Waals surface area contributed by atoms with E-state index < -0.39 is 8.32 Å². The second-order valence-corrected chi connectivity index (χ2v) is 11.0. The third kappa shape index (κ3) is 7.57. The van der Waals surface area contributed by atoms with E-state index in [1.165, 1.54) is 7.11 Å². The lowest BCUT2D eigenvalue weighted by atomic mass is 10.0. The van der Waals surface area contributed by atoms with Crippen LogP contribution in [0, 0.1) is 0 Å². The van der Waals surface area contributed by atoms with E-state index in [1.807, 2.05) is 6.08 Å². The number of ether oxygens (including phenoxy) is 1. The van der Waals surface area contributed by atoms with Crippen LogP contribution in [0.15, 0.2) is 11.6 Å². The number of ketones is 1. The summed E-state index contributed by atoms with van der Waals surface area (Å²) in [5, 5.41) is 0. The van der Waals surface area contributed by atoms with Crippen LogP contribution >= 0.6 is 0 Å². The normalized spacial score (nSPS) is 18.8. The molecule has 0 radical (unpaired) electrons. The van der Waals surface area contributed by atoms with Crippen molar-refractivity contribution < 1.29 is 18.8 Å². The molecular weight excluding hydrogens is 284 g/mol. The number of methoxy groups -OCH3 is 1. The molecule has 0 amide bonds. The Kier molecular flexibility index (Phi) is 7.32. The number of hydrogen-bond acceptors (Lipinski definition) is 4. The number of esters is 1. The van der Waals surface area contributed by atoms with Crippen molar-refractivity contribution in [3.63, 3.8) is 0 Å². The minimum absolute atomic E-state index is 0.00140. The van der Waals surface area contributed by atoms with Gasteiger partial charge in [-0.15, -0.1) is 0 Å². The Bertz CT molecular complexity index is 396. The molecule has 120 valence electrons. The molecule has 0 saturated heterocycles. The van der Waals surface area contributed by atoms with Crippen LogP contribution in [0.3, 0.4) is 0 Å². The second-order valence-electron chi connectivity index (χ2n) is 6.58. The molecule has 4 nitrogen and oxygen atoms in total. The Labute approximate surface area is 129 Å². The van der Waals surface area contributed by atoms with Crippen LogP contribution in [-0.4, -0.2) is 33.3 Å². The molecular formula is C16H28O4Si. The van der Waals surface area contributed by atoms with Gasteiger partial charge in [0, 0.05) is 12.8 Å². The Morgan fingerprint density at radius 3 is 2.52 bits per heavy atom. The third-order valence-electron chi connectivity index (χ3n) is 3.44. The quantitative estimate of drug-likeness (QED) is 0.371. The molecule has 0 aromatic rings. The highest BCUT2D eigenvalue weighted by atomic mass is 28.4. The highest BCUT2D eigenvalue weighted by Crippen LogP contribution is 2.25. The first-order chi connectivity index (χ1) is 9.81. The van der Waals surface area contributed by atoms with Crippen molar-refractivity contribution in [1.29, 1.82) is 0 Å². The standard InChI is InChI=1S/C16H28O4Si/c1-19-16(18)10-8-6-5-7-9-13-11-14(12-15(13)17)20-21(2,3)4/h11,14H,5-10,12H2,1-4H3/t14-/m1/s1. The average Bonchev–Trinajstić information content (AvgIpc) is 2.71. The predicted molar refractivity (Wildman–Crippen MR) is 85.6 cm³/mol. The summed E-state index contributed by atoms with van der Waals surface area (Å²) >= 11 is 0. The van der Waals surface area contributed by atoms with E-state index in [2.05, 4.69) is 24.4 Å². The molecule has 1 aliphatic carbocycles. The molecule has 0 bridgehead atoms. The topological polar surface area (TPSA) is 52.6 Å². The Hall–Kier alpha value is -0.943. The van der Waals surface area contributed by atoms with E-state index in [0.717, 1.165) is 37.7 Å². The van der Waals surface area contributed by atoms with Crippen LogP contribution in [0.1, 0.15) is 44.9 Å². The lowest BCUT2D eigenvalue weighted by Gasteiger charge is -2.21. The van der Waals surface area contributed by atoms with Crippen molar-refractivity contribution in [2.75, 3.05) is 7.11 Å². The van der Waals surface area contributed by atoms with Gasteiger partial charge in [0.15, 0.2) is 14.1 Å². The fourth-order valence-corrected chi connectivity index (χ4v) is 3.54. The van der Waals surface area contributed by atoms with Gasteiger partial charge in [-0.05, 0) is 50.6 Å². The van der Waals surface area contributed by atoms with Crippen molar-refractivity contribution in [3.8, 4) is 0 Å². The van der Waals surface area contributed by atoms with Crippen molar-refractivity contribution in [3.05, 3.63) is 11.6 Å². The minimum atomic E-state index is -1.59. The van der Waals surface area contributed by atoms with E-state index in [-0.39, 0.29) is 17.9 Å². The van der Waals surface area contributed by atoms with Gasteiger partial charge in [0.25, 0.3) is 0 Å². The summed E-state index contributed by atoms with van der Waals surface area (Å²) in [6, 6.07) is 0. The minimum Gasteiger partial charge on any atom is -0.469 e. The maximum absolute atomic E-state index is 11.9. The van der Waals surface area contributed by atoms with Gasteiger partial charge < -0.3 is 9.16 Å². The highest BCUT2D eigenvalue weighted by Gasteiger charge is 2.28. The molecule has 1 atom stereocenters. The summed E-state index contributed by atoms with van der Waals surface area (Å²) in [5.74, 6) is 0.0998. The van der Waals surface area contributed by atoms with Gasteiger partial charge in [-0.2, -0.15) is 0 Å². The van der Waals surface area contributed by atoms with E-state index in [1.54, 1.807) is 0 Å². The van der Waals surface area contributed by atoms with Crippen LogP contribution in [0.25, 0.3) is 0 Å². The first kappa shape index (κ1) is 18.1. The molecule has 0 spiro atoms. The number of carbonyl (C=O) groups excluding carboxylic acids is 2. The lowest BCUT2D eigenvalue weighted by molar-refractivity contribution is -0.140. The molecule has 0 aromatic heterocycles. The molecule has 0 saturated carbocycles. The summed E-state index contributed by atoms with van der Waals surface area (Å²) in [6.45, 7) is 6.43. The van der Waals surface area contributed by atoms with E-state index in [9.17, 15) is 9.59 Å². The first-order valence-corrected chi connectivity index (χ1v) is 11.2. The van der Waals surface area contributed by atoms with Gasteiger partial charge in [-0.3, -0.25) is 9.59 Å². The van der Waals surface area contributed by atoms with Gasteiger partial charge in [0.2, 0.25) is 0 Å². The summed E-state index contributed by atoms with van der Waals surface area (Å²) in [5.41, 5.74) is 0.936. The summed E-state index contributed by atoms with van der Waals surface area (Å²) < 4.78 is 10.6. The van der Waals surface area contributed by atoms with Gasteiger partial charge in [0.1, 0.15) is 0 Å². The van der Waals surface area contributed by atoms with Crippen molar-refractivity contribution >= 4 is 20.1 Å². The Morgan fingerprint density at radius 1 is 1.24 bits per heavy atom. The zero-order chi connectivity index (χ0) is 15.9. The number of hydrogen-bond donors (Lipinski definition) is 0. The fraction of sp³-hybridized carbons (Fsp3) is 0.750. The van der Waals surface area contributed by atoms with Crippen LogP contribution in [-0.2, 0) is 18.8 Å². The largest absolute Gasteiger partial charge is 0.469 e. The van der Waals surface area contributed by atoms with E-state index >= 15 is 0 Å². The number of Topliss-reactive ketones (excluding diaryl/α,β-unsaturated/α-hetero) is 1. The average molecular weight is 312 g/mol. The lowest BCUT2D eigenvalue weighted by Crippen LogP contribution is -2.30. The molecule has 0 N–H and O–H groups in total. The molecule has 0 aliphatic heterocycles. The number of unbranched alkanes of at least 4 members (excludes halogenated alkanes) is 3. The third-order valence-corrected chi connectivity index (χ3v) is 4.45. The van der Waals surface area contributed by atoms with Gasteiger partial charge in [0.05, 0.1) is 13.2 Å². The van der Waals surface area contributed by atoms with Crippen molar-refractivity contribution in [2.24, 2.45) is 0 Å². The zero-order valence-electron chi connectivity index (χ0n) is 13.7. The van der Waals surface area contributed by atoms with Crippen LogP contribution < -0.4 is 0 Å². The van der Waals surface area contributed by atoms with Gasteiger partial charge >= 0.3 is 5.97 Å². The number of rotatable bonds is 9. The van der Waals surface area contributed by atoms with Crippen LogP contribution in [0.5, 0.6) is 0 Å². The smallest absolute Gasteiger partial charge is 0.305 e. The SMILES string of the molecule is COC(=O)CCCCCCC1=C[C@@H](O[Si](C)(C)C)CC1=O. The summed E-state index contributed by atoms with van der Waals surface area (Å²) in [6.07, 6.45) is 7.77. The highest BCUT2D eigenvalue weighted by molar-refractivity contribution is 6.69. The molecule has 0 heterocycles. The van der Waals surface area contributed by atoms with E-state index in [0.29, 0.717) is 12.8 Å². The Morgan fingerprint density at radius 2 is 1.90 bits per heavy atom. The fourth-order valence-electron chi connectivity index (χ4n) is 2.48. The van der Waals surface area contributed by atoms with E-state index in [4.69, 9.17) is 4.43 Å². The van der Waals surface area contributed by atoms with Crippen LogP contribution in [0.4, 0.5) is 0 Å². The maximum Gasteiger partial charge on any atom is 0.305 e. The molecule has 1 aliphatic rings. The number of carbonyl (C=O) groups is 2. The Balaban J connectivity index is 2.21. The summed E-state index contributed by atoms with van der Waals surface area (Å²) in [4.78, 5) is 22.9. The second kappa shape index (κ2) is 8.49. The van der Waals surface area contributed by atoms with Crippen LogP contribution in [0.2, 0.25) is 19.6 Å². The number of allylic oxidation sites excluding steroid dienone is 1. The molecule has 0 fully saturated rings. The van der Waals surface area contributed by atoms with Gasteiger partial charge in [-0.25, -0.2) is 0 Å². The van der Waals surface area contributed by atoms with Crippen molar-refractivity contribution in [2.45, 2.75) is 70.7 Å². The monoisotopic (exact) mass is 312 g/mol. The molecule has 1 rings (SSSR count). The molecule has 21 heavy (non-hydrogen) atoms.